The van der Waals surface area contributed by atoms with Gasteiger partial charge < -0.3 is 0 Å². The van der Waals surface area contributed by atoms with Crippen LogP contribution in [0.2, 0.25) is 5.15 Å². The van der Waals surface area contributed by atoms with Crippen molar-refractivity contribution in [1.29, 1.82) is 0 Å². The molecule has 0 fully saturated rings. The van der Waals surface area contributed by atoms with E-state index in [9.17, 15) is 17.6 Å². The van der Waals surface area contributed by atoms with Crippen LogP contribution in [0.3, 0.4) is 0 Å². The Labute approximate surface area is 103 Å². The molecule has 2 aromatic heterocycles. The lowest BCUT2D eigenvalue weighted by atomic mass is 10.2. The highest BCUT2D eigenvalue weighted by atomic mass is 35.5. The summed E-state index contributed by atoms with van der Waals surface area (Å²) in [5.41, 5.74) is -1.26. The number of hydrogen-bond donors (Lipinski definition) is 0. The minimum Gasteiger partial charge on any atom is -0.252 e. The van der Waals surface area contributed by atoms with Gasteiger partial charge in [0.05, 0.1) is 23.7 Å². The lowest BCUT2D eigenvalue weighted by Gasteiger charge is -2.06. The van der Waals surface area contributed by atoms with E-state index in [0.717, 1.165) is 18.5 Å². The molecule has 8 heteroatoms. The number of halogens is 5. The van der Waals surface area contributed by atoms with Crippen molar-refractivity contribution in [3.05, 3.63) is 41.3 Å². The van der Waals surface area contributed by atoms with E-state index in [4.69, 9.17) is 11.6 Å². The van der Waals surface area contributed by atoms with Crippen LogP contribution in [0.15, 0.2) is 24.7 Å². The first-order valence-electron chi connectivity index (χ1n) is 4.58. The van der Waals surface area contributed by atoms with Crippen LogP contribution in [0, 0.1) is 5.82 Å². The molecule has 2 aromatic rings. The van der Waals surface area contributed by atoms with Crippen molar-refractivity contribution in [2.24, 2.45) is 0 Å². The highest BCUT2D eigenvalue weighted by Gasteiger charge is 2.32. The van der Waals surface area contributed by atoms with Gasteiger partial charge in [-0.25, -0.2) is 14.4 Å². The van der Waals surface area contributed by atoms with E-state index < -0.39 is 17.7 Å². The van der Waals surface area contributed by atoms with Crippen LogP contribution in [-0.4, -0.2) is 15.0 Å². The average Bonchev–Trinajstić information content (AvgIpc) is 2.28. The highest BCUT2D eigenvalue weighted by Crippen LogP contribution is 2.28. The third-order valence-corrected chi connectivity index (χ3v) is 2.25. The first-order valence-corrected chi connectivity index (χ1v) is 4.96. The topological polar surface area (TPSA) is 38.7 Å². The van der Waals surface area contributed by atoms with Gasteiger partial charge >= 0.3 is 6.18 Å². The van der Waals surface area contributed by atoms with E-state index in [2.05, 4.69) is 15.0 Å². The summed E-state index contributed by atoms with van der Waals surface area (Å²) in [6, 6.07) is 0.941. The maximum atomic E-state index is 13.5. The van der Waals surface area contributed by atoms with Crippen LogP contribution in [0.25, 0.3) is 11.3 Å². The Hall–Kier alpha value is -1.76. The van der Waals surface area contributed by atoms with Crippen LogP contribution in [0.4, 0.5) is 17.6 Å². The van der Waals surface area contributed by atoms with E-state index in [0.29, 0.717) is 6.20 Å². The summed E-state index contributed by atoms with van der Waals surface area (Å²) >= 11 is 5.45. The molecule has 0 spiro atoms. The van der Waals surface area contributed by atoms with E-state index in [1.165, 1.54) is 0 Å². The number of alkyl halides is 3. The number of nitrogens with zero attached hydrogens (tertiary/aromatic N) is 3. The summed E-state index contributed by atoms with van der Waals surface area (Å²) in [6.07, 6.45) is -2.14. The van der Waals surface area contributed by atoms with E-state index >= 15 is 0 Å². The molecule has 18 heavy (non-hydrogen) atoms. The molecule has 3 nitrogen and oxygen atoms in total. The molecule has 94 valence electrons. The summed E-state index contributed by atoms with van der Waals surface area (Å²) in [5, 5.41) is -0.0591. The Kier molecular flexibility index (Phi) is 3.16. The van der Waals surface area contributed by atoms with Gasteiger partial charge in [-0.2, -0.15) is 13.2 Å². The molecular weight excluding hydrogens is 274 g/mol. The highest BCUT2D eigenvalue weighted by molar-refractivity contribution is 6.29. The van der Waals surface area contributed by atoms with Crippen molar-refractivity contribution < 1.29 is 17.6 Å². The van der Waals surface area contributed by atoms with Crippen molar-refractivity contribution in [1.82, 2.24) is 15.0 Å². The lowest BCUT2D eigenvalue weighted by molar-refractivity contribution is -0.141. The molecule has 2 heterocycles. The minimum absolute atomic E-state index is 0.0512. The number of hydrogen-bond acceptors (Lipinski definition) is 3. The SMILES string of the molecule is Fc1cc(Cl)ncc1-c1cnc(C(F)(F)F)cn1. The van der Waals surface area contributed by atoms with Gasteiger partial charge in [-0.05, 0) is 0 Å². The maximum absolute atomic E-state index is 13.5. The summed E-state index contributed by atoms with van der Waals surface area (Å²) in [4.78, 5) is 10.3. The molecular formula is C10H4ClF4N3. The second-order valence-corrected chi connectivity index (χ2v) is 3.66. The molecule has 0 aliphatic heterocycles. The number of rotatable bonds is 1. The first kappa shape index (κ1) is 12.7. The van der Waals surface area contributed by atoms with Crippen molar-refractivity contribution >= 4 is 11.6 Å². The molecule has 0 radical (unpaired) electrons. The molecule has 0 saturated heterocycles. The van der Waals surface area contributed by atoms with Crippen molar-refractivity contribution in [2.75, 3.05) is 0 Å². The summed E-state index contributed by atoms with van der Waals surface area (Å²) < 4.78 is 50.2. The third-order valence-electron chi connectivity index (χ3n) is 2.04. The fourth-order valence-corrected chi connectivity index (χ4v) is 1.35. The smallest absolute Gasteiger partial charge is 0.252 e. The van der Waals surface area contributed by atoms with E-state index in [1.54, 1.807) is 0 Å². The van der Waals surface area contributed by atoms with Crippen LogP contribution in [-0.2, 0) is 6.18 Å². The third kappa shape index (κ3) is 2.56. The Morgan fingerprint density at radius 1 is 1.00 bits per heavy atom. The lowest BCUT2D eigenvalue weighted by Crippen LogP contribution is -2.08. The van der Waals surface area contributed by atoms with Gasteiger partial charge in [-0.15, -0.1) is 0 Å². The number of aromatic nitrogens is 3. The molecule has 0 aliphatic rings. The monoisotopic (exact) mass is 277 g/mol. The largest absolute Gasteiger partial charge is 0.434 e. The number of pyridine rings is 1. The molecule has 0 saturated carbocycles. The predicted octanol–water partition coefficient (Wildman–Crippen LogP) is 3.35. The quantitative estimate of drug-likeness (QED) is 0.593. The molecule has 0 aliphatic carbocycles. The summed E-state index contributed by atoms with van der Waals surface area (Å²) in [5.74, 6) is -0.732. The average molecular weight is 278 g/mol. The van der Waals surface area contributed by atoms with Crippen molar-refractivity contribution in [2.45, 2.75) is 6.18 Å². The predicted molar refractivity (Wildman–Crippen MR) is 55.2 cm³/mol. The summed E-state index contributed by atoms with van der Waals surface area (Å²) in [7, 11) is 0. The van der Waals surface area contributed by atoms with Crippen LogP contribution < -0.4 is 0 Å². The van der Waals surface area contributed by atoms with Gasteiger partial charge in [-0.1, -0.05) is 11.6 Å². The van der Waals surface area contributed by atoms with Crippen LogP contribution in [0.5, 0.6) is 0 Å². The Bertz CT molecular complexity index is 568. The zero-order valence-corrected chi connectivity index (χ0v) is 9.30. The van der Waals surface area contributed by atoms with E-state index in [1.807, 2.05) is 0 Å². The molecule has 0 atom stereocenters. The van der Waals surface area contributed by atoms with Crippen molar-refractivity contribution in [3.63, 3.8) is 0 Å². The fraction of sp³-hybridized carbons (Fsp3) is 0.100. The van der Waals surface area contributed by atoms with Gasteiger partial charge in [0.25, 0.3) is 0 Å². The van der Waals surface area contributed by atoms with Crippen LogP contribution in [0.1, 0.15) is 5.69 Å². The van der Waals surface area contributed by atoms with E-state index in [-0.39, 0.29) is 16.4 Å². The molecule has 0 aromatic carbocycles. The Balaban J connectivity index is 2.41. The Morgan fingerprint density at radius 3 is 2.22 bits per heavy atom. The summed E-state index contributed by atoms with van der Waals surface area (Å²) in [6.45, 7) is 0. The first-order chi connectivity index (χ1) is 8.38. The van der Waals surface area contributed by atoms with Gasteiger partial charge in [0, 0.05) is 12.3 Å². The molecule has 0 N–H and O–H groups in total. The fourth-order valence-electron chi connectivity index (χ4n) is 1.21. The molecule has 2 rings (SSSR count). The standard InChI is InChI=1S/C10H4ClF4N3/c11-9-1-6(12)5(2-18-9)7-3-17-8(4-16-7)10(13,14)15/h1-4H. The minimum atomic E-state index is -4.58. The second kappa shape index (κ2) is 4.49. The molecule has 0 amide bonds. The second-order valence-electron chi connectivity index (χ2n) is 3.27. The van der Waals surface area contributed by atoms with Crippen LogP contribution >= 0.6 is 11.6 Å². The van der Waals surface area contributed by atoms with Gasteiger partial charge in [0.15, 0.2) is 5.69 Å². The zero-order valence-electron chi connectivity index (χ0n) is 8.54. The van der Waals surface area contributed by atoms with Gasteiger partial charge in [0.2, 0.25) is 0 Å². The molecule has 0 bridgehead atoms. The maximum Gasteiger partial charge on any atom is 0.434 e. The van der Waals surface area contributed by atoms with Gasteiger partial charge in [0.1, 0.15) is 11.0 Å². The Morgan fingerprint density at radius 2 is 1.72 bits per heavy atom. The van der Waals surface area contributed by atoms with Crippen molar-refractivity contribution in [3.8, 4) is 11.3 Å². The van der Waals surface area contributed by atoms with Gasteiger partial charge in [-0.3, -0.25) is 4.98 Å². The molecule has 0 unspecified atom stereocenters. The normalized spacial score (nSPS) is 11.6. The zero-order chi connectivity index (χ0) is 13.3.